The number of pyridine rings is 1. The number of amides is 1. The van der Waals surface area contributed by atoms with Crippen LogP contribution in [0.15, 0.2) is 24.5 Å². The molecular formula is C18H26N2O2S. The van der Waals surface area contributed by atoms with Crippen LogP contribution >= 0.6 is 11.8 Å². The van der Waals surface area contributed by atoms with Gasteiger partial charge in [0.2, 0.25) is 5.91 Å². The summed E-state index contributed by atoms with van der Waals surface area (Å²) in [6.45, 7) is 6.80. The van der Waals surface area contributed by atoms with Gasteiger partial charge in [-0.2, -0.15) is 0 Å². The molecule has 0 aliphatic carbocycles. The summed E-state index contributed by atoms with van der Waals surface area (Å²) >= 11 is 1.99. The molecule has 5 heteroatoms. The molecule has 3 heterocycles. The van der Waals surface area contributed by atoms with Crippen molar-refractivity contribution in [2.45, 2.75) is 50.6 Å². The molecule has 1 amide bonds. The van der Waals surface area contributed by atoms with Crippen molar-refractivity contribution in [1.29, 1.82) is 0 Å². The number of aromatic nitrogens is 1. The van der Waals surface area contributed by atoms with E-state index in [1.54, 1.807) is 12.4 Å². The molecule has 2 aliphatic heterocycles. The minimum atomic E-state index is 0.260. The highest BCUT2D eigenvalue weighted by atomic mass is 32.2. The molecule has 4 nitrogen and oxygen atoms in total. The second-order valence-electron chi connectivity index (χ2n) is 7.17. The zero-order valence-electron chi connectivity index (χ0n) is 14.0. The van der Waals surface area contributed by atoms with E-state index in [0.717, 1.165) is 31.7 Å². The van der Waals surface area contributed by atoms with Crippen LogP contribution in [0.2, 0.25) is 0 Å². The van der Waals surface area contributed by atoms with Crippen LogP contribution in [0.4, 0.5) is 0 Å². The highest BCUT2D eigenvalue weighted by Crippen LogP contribution is 2.46. The number of rotatable bonds is 6. The summed E-state index contributed by atoms with van der Waals surface area (Å²) in [4.78, 5) is 18.2. The van der Waals surface area contributed by atoms with Gasteiger partial charge in [0, 0.05) is 37.7 Å². The Hall–Kier alpha value is -1.07. The van der Waals surface area contributed by atoms with E-state index in [0.29, 0.717) is 31.0 Å². The van der Waals surface area contributed by atoms with Crippen molar-refractivity contribution in [2.75, 3.05) is 18.8 Å². The van der Waals surface area contributed by atoms with Gasteiger partial charge in [0.1, 0.15) is 0 Å². The summed E-state index contributed by atoms with van der Waals surface area (Å²) in [5.41, 5.74) is 1.17. The standard InChI is InChI=1S/C18H26N2O2S/c1-14(2)3-4-17(21)20-12-18(13-20)9-16(11-23-18)22-10-15-5-7-19-8-6-15/h5-8,14,16H,3-4,9-13H2,1-2H3/t16-/m0/s1. The van der Waals surface area contributed by atoms with Gasteiger partial charge in [-0.05, 0) is 36.5 Å². The molecule has 0 bridgehead atoms. The Balaban J connectivity index is 1.40. The topological polar surface area (TPSA) is 42.4 Å². The van der Waals surface area contributed by atoms with Crippen LogP contribution < -0.4 is 0 Å². The maximum atomic E-state index is 12.1. The van der Waals surface area contributed by atoms with E-state index in [9.17, 15) is 4.79 Å². The van der Waals surface area contributed by atoms with Crippen LogP contribution in [0.25, 0.3) is 0 Å². The fourth-order valence-corrected chi connectivity index (χ4v) is 4.77. The molecule has 2 saturated heterocycles. The lowest BCUT2D eigenvalue weighted by molar-refractivity contribution is -0.137. The van der Waals surface area contributed by atoms with Gasteiger partial charge in [-0.1, -0.05) is 13.8 Å². The van der Waals surface area contributed by atoms with E-state index in [4.69, 9.17) is 4.74 Å². The highest BCUT2D eigenvalue weighted by molar-refractivity contribution is 8.01. The molecule has 0 N–H and O–H groups in total. The SMILES string of the molecule is CC(C)CCC(=O)N1CC2(C[C@H](OCc3ccncc3)CS2)C1. The molecule has 1 aromatic rings. The number of carbonyl (C=O) groups is 1. The Morgan fingerprint density at radius 1 is 1.43 bits per heavy atom. The number of hydrogen-bond acceptors (Lipinski definition) is 4. The smallest absolute Gasteiger partial charge is 0.222 e. The Morgan fingerprint density at radius 3 is 2.87 bits per heavy atom. The Kier molecular flexibility index (Phi) is 5.27. The number of ether oxygens (including phenoxy) is 1. The Bertz CT molecular complexity index is 529. The monoisotopic (exact) mass is 334 g/mol. The van der Waals surface area contributed by atoms with E-state index in [1.165, 1.54) is 5.56 Å². The molecule has 23 heavy (non-hydrogen) atoms. The molecule has 0 saturated carbocycles. The molecule has 2 aliphatic rings. The van der Waals surface area contributed by atoms with Gasteiger partial charge in [-0.15, -0.1) is 11.8 Å². The van der Waals surface area contributed by atoms with Crippen molar-refractivity contribution >= 4 is 17.7 Å². The van der Waals surface area contributed by atoms with Crippen molar-refractivity contribution in [3.8, 4) is 0 Å². The second kappa shape index (κ2) is 7.22. The van der Waals surface area contributed by atoms with Crippen LogP contribution in [0.5, 0.6) is 0 Å². The van der Waals surface area contributed by atoms with Crippen molar-refractivity contribution < 1.29 is 9.53 Å². The highest BCUT2D eigenvalue weighted by Gasteiger charge is 2.50. The number of carbonyl (C=O) groups excluding carboxylic acids is 1. The van der Waals surface area contributed by atoms with Gasteiger partial charge in [-0.25, -0.2) is 0 Å². The van der Waals surface area contributed by atoms with E-state index >= 15 is 0 Å². The van der Waals surface area contributed by atoms with E-state index in [-0.39, 0.29) is 4.75 Å². The molecule has 3 rings (SSSR count). The quantitative estimate of drug-likeness (QED) is 0.802. The number of hydrogen-bond donors (Lipinski definition) is 0. The first-order valence-corrected chi connectivity index (χ1v) is 9.47. The minimum Gasteiger partial charge on any atom is -0.373 e. The van der Waals surface area contributed by atoms with Crippen molar-refractivity contribution in [2.24, 2.45) is 5.92 Å². The van der Waals surface area contributed by atoms with Crippen LogP contribution in [0.3, 0.4) is 0 Å². The number of nitrogens with zero attached hydrogens (tertiary/aromatic N) is 2. The first-order valence-electron chi connectivity index (χ1n) is 8.48. The molecule has 0 radical (unpaired) electrons. The normalized spacial score (nSPS) is 22.6. The predicted molar refractivity (Wildman–Crippen MR) is 93.3 cm³/mol. The van der Waals surface area contributed by atoms with Gasteiger partial charge in [0.05, 0.1) is 17.5 Å². The van der Waals surface area contributed by atoms with Crippen LogP contribution in [-0.4, -0.2) is 45.5 Å². The average molecular weight is 334 g/mol. The molecule has 126 valence electrons. The van der Waals surface area contributed by atoms with Crippen LogP contribution in [0, 0.1) is 5.92 Å². The molecule has 2 fully saturated rings. The van der Waals surface area contributed by atoms with E-state index < -0.39 is 0 Å². The lowest BCUT2D eigenvalue weighted by atomic mass is 9.92. The summed E-state index contributed by atoms with van der Waals surface area (Å²) in [5, 5.41) is 0. The van der Waals surface area contributed by atoms with Gasteiger partial charge in [0.25, 0.3) is 0 Å². The van der Waals surface area contributed by atoms with E-state index in [1.807, 2.05) is 28.8 Å². The Labute approximate surface area is 143 Å². The van der Waals surface area contributed by atoms with Crippen molar-refractivity contribution in [3.05, 3.63) is 30.1 Å². The maximum Gasteiger partial charge on any atom is 0.222 e. The molecule has 1 spiro atoms. The third kappa shape index (κ3) is 4.27. The minimum absolute atomic E-state index is 0.260. The van der Waals surface area contributed by atoms with E-state index in [2.05, 4.69) is 18.8 Å². The zero-order chi connectivity index (χ0) is 16.3. The van der Waals surface area contributed by atoms with Gasteiger partial charge in [0.15, 0.2) is 0 Å². The molecule has 1 aromatic heterocycles. The van der Waals surface area contributed by atoms with Gasteiger partial charge in [-0.3, -0.25) is 9.78 Å². The molecule has 1 atom stereocenters. The fourth-order valence-electron chi connectivity index (χ4n) is 3.22. The zero-order valence-corrected chi connectivity index (χ0v) is 14.8. The lowest BCUT2D eigenvalue weighted by Crippen LogP contribution is -2.60. The van der Waals surface area contributed by atoms with Gasteiger partial charge >= 0.3 is 0 Å². The number of thioether (sulfide) groups is 1. The molecule has 0 aromatic carbocycles. The summed E-state index contributed by atoms with van der Waals surface area (Å²) < 4.78 is 6.30. The van der Waals surface area contributed by atoms with Crippen LogP contribution in [0.1, 0.15) is 38.7 Å². The average Bonchev–Trinajstić information content (AvgIpc) is 2.95. The summed E-state index contributed by atoms with van der Waals surface area (Å²) in [6, 6.07) is 3.99. The number of likely N-dealkylation sites (tertiary alicyclic amines) is 1. The fraction of sp³-hybridized carbons (Fsp3) is 0.667. The summed E-state index contributed by atoms with van der Waals surface area (Å²) in [7, 11) is 0. The van der Waals surface area contributed by atoms with Gasteiger partial charge < -0.3 is 9.64 Å². The maximum absolute atomic E-state index is 12.1. The third-order valence-corrected chi connectivity index (χ3v) is 6.23. The Morgan fingerprint density at radius 2 is 2.17 bits per heavy atom. The first-order chi connectivity index (χ1) is 11.1. The summed E-state index contributed by atoms with van der Waals surface area (Å²) in [5.74, 6) is 1.96. The summed E-state index contributed by atoms with van der Waals surface area (Å²) in [6.07, 6.45) is 6.66. The third-order valence-electron chi connectivity index (χ3n) is 4.66. The van der Waals surface area contributed by atoms with Crippen LogP contribution in [-0.2, 0) is 16.1 Å². The molecular weight excluding hydrogens is 308 g/mol. The second-order valence-corrected chi connectivity index (χ2v) is 8.66. The first kappa shape index (κ1) is 16.8. The lowest BCUT2D eigenvalue weighted by Gasteiger charge is -2.47. The van der Waals surface area contributed by atoms with Crippen molar-refractivity contribution in [1.82, 2.24) is 9.88 Å². The molecule has 0 unspecified atom stereocenters. The van der Waals surface area contributed by atoms with Crippen molar-refractivity contribution in [3.63, 3.8) is 0 Å². The largest absolute Gasteiger partial charge is 0.373 e. The predicted octanol–water partition coefficient (Wildman–Crippen LogP) is 3.12.